The van der Waals surface area contributed by atoms with Gasteiger partial charge in [0.1, 0.15) is 0 Å². The van der Waals surface area contributed by atoms with Gasteiger partial charge in [0.15, 0.2) is 6.29 Å². The minimum absolute atomic E-state index is 0.0700. The second kappa shape index (κ2) is 5.37. The highest BCUT2D eigenvalue weighted by molar-refractivity contribution is 5.09. The highest BCUT2D eigenvalue weighted by Gasteiger charge is 2.60. The summed E-state index contributed by atoms with van der Waals surface area (Å²) in [6.45, 7) is 14.4. The topological polar surface area (TPSA) is 18.5 Å². The highest BCUT2D eigenvalue weighted by atomic mass is 16.7. The molecule has 112 valence electrons. The fourth-order valence-corrected chi connectivity index (χ4v) is 4.60. The SMILES string of the molecule is CC(C)OC(C)OCCC1CC2CCC1(C)C2(C)C. The highest BCUT2D eigenvalue weighted by Crippen LogP contribution is 2.68. The lowest BCUT2D eigenvalue weighted by molar-refractivity contribution is -0.154. The molecule has 2 rings (SSSR count). The van der Waals surface area contributed by atoms with Crippen LogP contribution in [-0.4, -0.2) is 19.0 Å². The van der Waals surface area contributed by atoms with E-state index in [1.807, 2.05) is 6.92 Å². The molecule has 0 N–H and O–H groups in total. The van der Waals surface area contributed by atoms with Crippen molar-refractivity contribution in [1.82, 2.24) is 0 Å². The third-order valence-electron chi connectivity index (χ3n) is 6.26. The molecule has 0 aromatic heterocycles. The van der Waals surface area contributed by atoms with Gasteiger partial charge in [-0.3, -0.25) is 0 Å². The standard InChI is InChI=1S/C17H32O2/c1-12(2)19-13(3)18-10-8-15-11-14-7-9-17(15,6)16(14,4)5/h12-15H,7-11H2,1-6H3. The third kappa shape index (κ3) is 2.71. The van der Waals surface area contributed by atoms with E-state index in [4.69, 9.17) is 9.47 Å². The van der Waals surface area contributed by atoms with Crippen molar-refractivity contribution in [1.29, 1.82) is 0 Å². The van der Waals surface area contributed by atoms with Crippen LogP contribution < -0.4 is 0 Å². The number of fused-ring (bicyclic) bond motifs is 2. The number of ether oxygens (including phenoxy) is 2. The molecular weight excluding hydrogens is 236 g/mol. The van der Waals surface area contributed by atoms with Gasteiger partial charge < -0.3 is 9.47 Å². The number of hydrogen-bond acceptors (Lipinski definition) is 2. The Balaban J connectivity index is 1.79. The van der Waals surface area contributed by atoms with E-state index in [0.717, 1.165) is 18.4 Å². The van der Waals surface area contributed by atoms with Gasteiger partial charge in [-0.05, 0) is 69.1 Å². The van der Waals surface area contributed by atoms with E-state index >= 15 is 0 Å². The molecule has 2 aliphatic rings. The Morgan fingerprint density at radius 1 is 1.16 bits per heavy atom. The van der Waals surface area contributed by atoms with Crippen molar-refractivity contribution in [2.24, 2.45) is 22.7 Å². The van der Waals surface area contributed by atoms with Crippen molar-refractivity contribution in [3.05, 3.63) is 0 Å². The number of rotatable bonds is 6. The fourth-order valence-electron chi connectivity index (χ4n) is 4.60. The van der Waals surface area contributed by atoms with E-state index in [1.54, 1.807) is 0 Å². The smallest absolute Gasteiger partial charge is 0.155 e. The normalized spacial score (nSPS) is 38.1. The molecule has 2 saturated carbocycles. The average Bonchev–Trinajstić information content (AvgIpc) is 2.60. The van der Waals surface area contributed by atoms with Gasteiger partial charge in [0.05, 0.1) is 6.10 Å². The second-order valence-electron chi connectivity index (χ2n) is 7.72. The summed E-state index contributed by atoms with van der Waals surface area (Å²) in [6, 6.07) is 0. The summed E-state index contributed by atoms with van der Waals surface area (Å²) in [5, 5.41) is 0. The van der Waals surface area contributed by atoms with Crippen LogP contribution in [0.25, 0.3) is 0 Å². The minimum atomic E-state index is -0.0700. The Labute approximate surface area is 119 Å². The number of hydrogen-bond donors (Lipinski definition) is 0. The summed E-state index contributed by atoms with van der Waals surface area (Å²) in [5.74, 6) is 1.78. The maximum atomic E-state index is 5.81. The van der Waals surface area contributed by atoms with E-state index in [9.17, 15) is 0 Å². The first-order chi connectivity index (χ1) is 8.77. The van der Waals surface area contributed by atoms with Crippen LogP contribution >= 0.6 is 0 Å². The predicted molar refractivity (Wildman–Crippen MR) is 79.0 cm³/mol. The first kappa shape index (κ1) is 15.3. The van der Waals surface area contributed by atoms with Gasteiger partial charge in [-0.2, -0.15) is 0 Å². The van der Waals surface area contributed by atoms with Crippen molar-refractivity contribution >= 4 is 0 Å². The molecule has 0 aromatic rings. The van der Waals surface area contributed by atoms with Crippen LogP contribution in [-0.2, 0) is 9.47 Å². The fraction of sp³-hybridized carbons (Fsp3) is 1.00. The Kier molecular flexibility index (Phi) is 4.32. The van der Waals surface area contributed by atoms with E-state index < -0.39 is 0 Å². The molecule has 0 heterocycles. The predicted octanol–water partition coefficient (Wildman–Crippen LogP) is 4.63. The molecule has 4 unspecified atom stereocenters. The van der Waals surface area contributed by atoms with Crippen molar-refractivity contribution < 1.29 is 9.47 Å². The summed E-state index contributed by atoms with van der Waals surface area (Å²) in [7, 11) is 0. The van der Waals surface area contributed by atoms with E-state index in [-0.39, 0.29) is 12.4 Å². The Morgan fingerprint density at radius 3 is 2.32 bits per heavy atom. The molecular formula is C17H32O2. The zero-order valence-electron chi connectivity index (χ0n) is 13.7. The molecule has 2 nitrogen and oxygen atoms in total. The van der Waals surface area contributed by atoms with E-state index in [0.29, 0.717) is 10.8 Å². The molecule has 0 spiro atoms. The zero-order chi connectivity index (χ0) is 14.3. The van der Waals surface area contributed by atoms with Gasteiger partial charge in [0, 0.05) is 6.61 Å². The van der Waals surface area contributed by atoms with Gasteiger partial charge in [-0.15, -0.1) is 0 Å². The summed E-state index contributed by atoms with van der Waals surface area (Å²) in [5.41, 5.74) is 1.06. The van der Waals surface area contributed by atoms with E-state index in [2.05, 4.69) is 34.6 Å². The van der Waals surface area contributed by atoms with Gasteiger partial charge in [-0.25, -0.2) is 0 Å². The van der Waals surface area contributed by atoms with Gasteiger partial charge in [0.2, 0.25) is 0 Å². The Hall–Kier alpha value is -0.0800. The van der Waals surface area contributed by atoms with Crippen molar-refractivity contribution in [2.75, 3.05) is 6.61 Å². The molecule has 2 aliphatic carbocycles. The Morgan fingerprint density at radius 2 is 1.84 bits per heavy atom. The van der Waals surface area contributed by atoms with Gasteiger partial charge in [-0.1, -0.05) is 20.8 Å². The van der Waals surface area contributed by atoms with Crippen LogP contribution in [0.1, 0.15) is 67.2 Å². The molecule has 0 aliphatic heterocycles. The van der Waals surface area contributed by atoms with Crippen LogP contribution in [0.3, 0.4) is 0 Å². The van der Waals surface area contributed by atoms with E-state index in [1.165, 1.54) is 25.7 Å². The van der Waals surface area contributed by atoms with Crippen LogP contribution in [0.4, 0.5) is 0 Å². The molecule has 2 bridgehead atoms. The molecule has 0 radical (unpaired) electrons. The first-order valence-electron chi connectivity index (χ1n) is 8.04. The quantitative estimate of drug-likeness (QED) is 0.654. The molecule has 2 fully saturated rings. The molecule has 0 amide bonds. The minimum Gasteiger partial charge on any atom is -0.353 e. The molecule has 0 saturated heterocycles. The van der Waals surface area contributed by atoms with Crippen LogP contribution in [0.2, 0.25) is 0 Å². The van der Waals surface area contributed by atoms with Gasteiger partial charge >= 0.3 is 0 Å². The van der Waals surface area contributed by atoms with Crippen molar-refractivity contribution in [3.8, 4) is 0 Å². The molecule has 19 heavy (non-hydrogen) atoms. The van der Waals surface area contributed by atoms with Crippen molar-refractivity contribution in [3.63, 3.8) is 0 Å². The lowest BCUT2D eigenvalue weighted by atomic mass is 9.66. The third-order valence-corrected chi connectivity index (χ3v) is 6.26. The van der Waals surface area contributed by atoms with Crippen molar-refractivity contribution in [2.45, 2.75) is 79.6 Å². The van der Waals surface area contributed by atoms with Crippen LogP contribution in [0.15, 0.2) is 0 Å². The largest absolute Gasteiger partial charge is 0.353 e. The summed E-state index contributed by atoms with van der Waals surface area (Å²) in [4.78, 5) is 0. The molecule has 0 aromatic carbocycles. The zero-order valence-corrected chi connectivity index (χ0v) is 13.7. The summed E-state index contributed by atoms with van der Waals surface area (Å²) >= 11 is 0. The summed E-state index contributed by atoms with van der Waals surface area (Å²) in [6.07, 6.45) is 5.63. The van der Waals surface area contributed by atoms with Crippen LogP contribution in [0.5, 0.6) is 0 Å². The lowest BCUT2D eigenvalue weighted by Gasteiger charge is -2.39. The Bertz CT molecular complexity index is 310. The maximum absolute atomic E-state index is 5.81. The molecule has 2 heteroatoms. The summed E-state index contributed by atoms with van der Waals surface area (Å²) < 4.78 is 11.4. The lowest BCUT2D eigenvalue weighted by Crippen LogP contribution is -2.33. The van der Waals surface area contributed by atoms with Crippen LogP contribution in [0, 0.1) is 22.7 Å². The second-order valence-corrected chi connectivity index (χ2v) is 7.72. The van der Waals surface area contributed by atoms with Gasteiger partial charge in [0.25, 0.3) is 0 Å². The first-order valence-corrected chi connectivity index (χ1v) is 8.04. The maximum Gasteiger partial charge on any atom is 0.155 e. The average molecular weight is 268 g/mol. The molecule has 4 atom stereocenters. The monoisotopic (exact) mass is 268 g/mol.